The molecule has 1 saturated carbocycles. The molecule has 1 saturated heterocycles. The fourth-order valence-corrected chi connectivity index (χ4v) is 6.73. The van der Waals surface area contributed by atoms with Gasteiger partial charge in [0.25, 0.3) is 11.8 Å². The molecule has 2 N–H and O–H groups in total. The molecule has 0 bridgehead atoms. The number of carbonyl (C=O) groups is 1. The van der Waals surface area contributed by atoms with Crippen LogP contribution in [0, 0.1) is 23.6 Å². The van der Waals surface area contributed by atoms with Gasteiger partial charge in [-0.1, -0.05) is 18.8 Å². The number of likely N-dealkylation sites (tertiary alicyclic amines) is 1. The van der Waals surface area contributed by atoms with Gasteiger partial charge in [-0.05, 0) is 24.5 Å². The SMILES string of the molecule is COc1cc(S(C)(=O)=O)c(F)cc1NCC#Cc1cc(C(=O)N[C@H]2CCN(C3CC(F)(F)C3)C[C@@H]2C)c2ncn(CC(F)(F)F)c2c1. The van der Waals surface area contributed by atoms with Crippen LogP contribution in [-0.4, -0.2) is 86.0 Å². The number of hydrogen-bond donors (Lipinski definition) is 2. The maximum Gasteiger partial charge on any atom is 0.406 e. The van der Waals surface area contributed by atoms with Crippen LogP contribution in [0.5, 0.6) is 5.75 Å². The third kappa shape index (κ3) is 7.95. The average molecular weight is 686 g/mol. The first kappa shape index (κ1) is 34.4. The Kier molecular flexibility index (Phi) is 9.44. The minimum atomic E-state index is -4.56. The number of halogens is 6. The predicted molar refractivity (Wildman–Crippen MR) is 162 cm³/mol. The molecule has 2 atom stereocenters. The summed E-state index contributed by atoms with van der Waals surface area (Å²) < 4.78 is 111. The summed E-state index contributed by atoms with van der Waals surface area (Å²) in [6.07, 6.45) is -2.54. The van der Waals surface area contributed by atoms with Crippen LogP contribution < -0.4 is 15.4 Å². The van der Waals surface area contributed by atoms with Crippen molar-refractivity contribution in [1.29, 1.82) is 0 Å². The number of hydrogen-bond acceptors (Lipinski definition) is 7. The van der Waals surface area contributed by atoms with Crippen molar-refractivity contribution in [3.05, 3.63) is 47.5 Å². The number of alkyl halides is 5. The quantitative estimate of drug-likeness (QED) is 0.258. The number of carbonyl (C=O) groups excluding carboxylic acids is 1. The summed E-state index contributed by atoms with van der Waals surface area (Å²) in [5.74, 6) is 1.38. The third-order valence-electron chi connectivity index (χ3n) is 8.41. The van der Waals surface area contributed by atoms with Crippen LogP contribution in [0.25, 0.3) is 11.0 Å². The topological polar surface area (TPSA) is 106 Å². The lowest BCUT2D eigenvalue weighted by molar-refractivity contribution is -0.140. The van der Waals surface area contributed by atoms with E-state index in [4.69, 9.17) is 4.74 Å². The van der Waals surface area contributed by atoms with E-state index in [1.165, 1.54) is 19.2 Å². The Balaban J connectivity index is 1.36. The summed E-state index contributed by atoms with van der Waals surface area (Å²) in [5, 5.41) is 5.78. The predicted octanol–water partition coefficient (Wildman–Crippen LogP) is 4.85. The van der Waals surface area contributed by atoms with Crippen molar-refractivity contribution in [3.8, 4) is 17.6 Å². The fourth-order valence-electron chi connectivity index (χ4n) is 6.00. The van der Waals surface area contributed by atoms with Crippen LogP contribution in [0.2, 0.25) is 0 Å². The third-order valence-corrected chi connectivity index (χ3v) is 9.52. The zero-order valence-electron chi connectivity index (χ0n) is 25.7. The van der Waals surface area contributed by atoms with Crippen molar-refractivity contribution < 1.29 is 44.3 Å². The van der Waals surface area contributed by atoms with Crippen LogP contribution >= 0.6 is 0 Å². The Bertz CT molecular complexity index is 1840. The Morgan fingerprint density at radius 2 is 1.91 bits per heavy atom. The number of methoxy groups -OCH3 is 1. The molecule has 5 rings (SSSR count). The molecule has 1 aliphatic heterocycles. The van der Waals surface area contributed by atoms with Crippen LogP contribution in [0.15, 0.2) is 35.5 Å². The van der Waals surface area contributed by atoms with E-state index in [1.807, 2.05) is 11.8 Å². The van der Waals surface area contributed by atoms with Gasteiger partial charge in [-0.15, -0.1) is 0 Å². The Morgan fingerprint density at radius 3 is 2.53 bits per heavy atom. The molecule has 3 aromatic rings. The average Bonchev–Trinajstić information content (AvgIpc) is 3.34. The minimum absolute atomic E-state index is 0.0223. The maximum absolute atomic E-state index is 14.5. The van der Waals surface area contributed by atoms with Crippen LogP contribution in [-0.2, 0) is 16.4 Å². The molecular weight excluding hydrogens is 652 g/mol. The first-order valence-electron chi connectivity index (χ1n) is 14.7. The van der Waals surface area contributed by atoms with E-state index < -0.39 is 45.1 Å². The number of imidazole rings is 1. The normalized spacial score (nSPS) is 20.3. The summed E-state index contributed by atoms with van der Waals surface area (Å²) in [4.78, 5) is 19.1. The van der Waals surface area contributed by atoms with Crippen molar-refractivity contribution in [1.82, 2.24) is 19.8 Å². The van der Waals surface area contributed by atoms with Crippen LogP contribution in [0.4, 0.5) is 32.0 Å². The lowest BCUT2D eigenvalue weighted by Gasteiger charge is -2.47. The van der Waals surface area contributed by atoms with Gasteiger partial charge >= 0.3 is 6.18 Å². The van der Waals surface area contributed by atoms with Gasteiger partial charge in [-0.25, -0.2) is 26.6 Å². The molecule has 2 fully saturated rings. The number of sulfone groups is 1. The zero-order chi connectivity index (χ0) is 34.3. The van der Waals surface area contributed by atoms with Crippen LogP contribution in [0.1, 0.15) is 42.1 Å². The molecule has 16 heteroatoms. The van der Waals surface area contributed by atoms with Crippen molar-refractivity contribution in [2.75, 3.05) is 38.3 Å². The number of nitrogens with zero attached hydrogens (tertiary/aromatic N) is 3. The van der Waals surface area contributed by atoms with Gasteiger partial charge in [0.15, 0.2) is 9.84 Å². The minimum Gasteiger partial charge on any atom is -0.495 e. The van der Waals surface area contributed by atoms with Gasteiger partial charge in [-0.3, -0.25) is 9.69 Å². The highest BCUT2D eigenvalue weighted by Gasteiger charge is 2.48. The molecule has 2 aliphatic rings. The summed E-state index contributed by atoms with van der Waals surface area (Å²) in [7, 11) is -2.57. The number of fused-ring (bicyclic) bond motifs is 1. The number of piperidine rings is 1. The summed E-state index contributed by atoms with van der Waals surface area (Å²) >= 11 is 0. The van der Waals surface area contributed by atoms with Gasteiger partial charge in [0.05, 0.1) is 36.7 Å². The molecule has 1 aliphatic carbocycles. The first-order valence-corrected chi connectivity index (χ1v) is 16.6. The van der Waals surface area contributed by atoms with Gasteiger partial charge in [0.1, 0.15) is 28.5 Å². The van der Waals surface area contributed by atoms with E-state index >= 15 is 0 Å². The molecule has 0 radical (unpaired) electrons. The number of benzene rings is 2. The highest BCUT2D eigenvalue weighted by atomic mass is 32.2. The smallest absolute Gasteiger partial charge is 0.406 e. The van der Waals surface area contributed by atoms with Crippen molar-refractivity contribution in [2.24, 2.45) is 5.92 Å². The molecule has 0 spiro atoms. The monoisotopic (exact) mass is 685 g/mol. The molecule has 1 amide bonds. The lowest BCUT2D eigenvalue weighted by atomic mass is 9.83. The molecule has 254 valence electrons. The van der Waals surface area contributed by atoms with Crippen molar-refractivity contribution in [2.45, 2.75) is 61.8 Å². The zero-order valence-corrected chi connectivity index (χ0v) is 26.5. The first-order chi connectivity index (χ1) is 21.9. The number of ether oxygens (including phenoxy) is 1. The summed E-state index contributed by atoms with van der Waals surface area (Å²) in [6.45, 7) is 1.51. The lowest BCUT2D eigenvalue weighted by Crippen LogP contribution is -2.57. The molecule has 9 nitrogen and oxygen atoms in total. The second-order valence-corrected chi connectivity index (χ2v) is 14.0. The molecular formula is C31H33F6N5O4S. The molecule has 47 heavy (non-hydrogen) atoms. The second-order valence-electron chi connectivity index (χ2n) is 12.0. The largest absolute Gasteiger partial charge is 0.495 e. The molecule has 2 heterocycles. The van der Waals surface area contributed by atoms with Crippen LogP contribution in [0.3, 0.4) is 0 Å². The Labute approximate surface area is 267 Å². The van der Waals surface area contributed by atoms with E-state index in [2.05, 4.69) is 27.5 Å². The van der Waals surface area contributed by atoms with E-state index in [-0.39, 0.29) is 71.0 Å². The molecule has 1 aromatic heterocycles. The van der Waals surface area contributed by atoms with Gasteiger partial charge in [-0.2, -0.15) is 13.2 Å². The number of aromatic nitrogens is 2. The second kappa shape index (κ2) is 12.9. The van der Waals surface area contributed by atoms with E-state index in [9.17, 15) is 39.6 Å². The highest BCUT2D eigenvalue weighted by molar-refractivity contribution is 7.90. The highest BCUT2D eigenvalue weighted by Crippen LogP contribution is 2.41. The van der Waals surface area contributed by atoms with E-state index in [0.29, 0.717) is 19.5 Å². The number of anilines is 1. The Hall–Kier alpha value is -3.97. The van der Waals surface area contributed by atoms with Gasteiger partial charge in [0, 0.05) is 62.0 Å². The number of rotatable bonds is 8. The summed E-state index contributed by atoms with van der Waals surface area (Å²) in [5.41, 5.74) is 0.461. The van der Waals surface area contributed by atoms with Crippen molar-refractivity contribution in [3.63, 3.8) is 0 Å². The van der Waals surface area contributed by atoms with Gasteiger partial charge < -0.3 is 19.9 Å². The number of amides is 1. The summed E-state index contributed by atoms with van der Waals surface area (Å²) in [6, 6.07) is 4.31. The van der Waals surface area contributed by atoms with Crippen molar-refractivity contribution >= 4 is 32.5 Å². The fraction of sp³-hybridized carbons (Fsp3) is 0.484. The van der Waals surface area contributed by atoms with E-state index in [0.717, 1.165) is 29.3 Å². The number of nitrogens with one attached hydrogen (secondary N) is 2. The molecule has 2 aromatic carbocycles. The Morgan fingerprint density at radius 1 is 1.19 bits per heavy atom. The van der Waals surface area contributed by atoms with E-state index in [1.54, 1.807) is 0 Å². The molecule has 0 unspecified atom stereocenters. The standard InChI is InChI=1S/C31H33F6N5O4S/c1-18-15-41(20-13-30(33,34)14-20)8-6-23(18)40-29(43)21-9-19(10-25-28(21)39-17-42(25)16-31(35,36)37)5-4-7-38-24-11-22(32)27(47(3,44)45)12-26(24)46-2/h9-12,17-18,20,23,38H,6-8,13-16H2,1-3H3,(H,40,43)/t18-,23-/m0/s1. The maximum atomic E-state index is 14.5. The van der Waals surface area contributed by atoms with Gasteiger partial charge in [0.2, 0.25) is 0 Å².